The molecule has 1 aromatic heterocycles. The lowest BCUT2D eigenvalue weighted by molar-refractivity contribution is 0.795. The number of aromatic nitrogens is 1. The topological polar surface area (TPSA) is 37.0 Å². The van der Waals surface area contributed by atoms with Crippen LogP contribution in [0.25, 0.3) is 0 Å². The Bertz CT molecular complexity index is 347. The second-order valence-electron chi connectivity index (χ2n) is 3.18. The van der Waals surface area contributed by atoms with Crippen LogP contribution in [0.2, 0.25) is 0 Å². The van der Waals surface area contributed by atoms with E-state index in [9.17, 15) is 0 Å². The predicted octanol–water partition coefficient (Wildman–Crippen LogP) is 2.20. The number of benzene rings is 1. The summed E-state index contributed by atoms with van der Waals surface area (Å²) in [5, 5.41) is 0. The van der Waals surface area contributed by atoms with Crippen LogP contribution in [0.1, 0.15) is 5.56 Å². The fourth-order valence-corrected chi connectivity index (χ4v) is 1.27. The van der Waals surface area contributed by atoms with Crippen molar-refractivity contribution in [2.75, 3.05) is 5.43 Å². The third-order valence-corrected chi connectivity index (χ3v) is 2.02. The van der Waals surface area contributed by atoms with Crippen LogP contribution in [0.4, 0.5) is 5.82 Å². The number of hydrazine groups is 1. The maximum atomic E-state index is 4.14. The van der Waals surface area contributed by atoms with Gasteiger partial charge in [-0.1, -0.05) is 36.4 Å². The smallest absolute Gasteiger partial charge is 0.140 e. The van der Waals surface area contributed by atoms with E-state index in [1.807, 2.05) is 36.4 Å². The van der Waals surface area contributed by atoms with Gasteiger partial charge >= 0.3 is 0 Å². The summed E-state index contributed by atoms with van der Waals surface area (Å²) in [5.41, 5.74) is 7.37. The summed E-state index contributed by atoms with van der Waals surface area (Å²) < 4.78 is 0. The Hall–Kier alpha value is -1.87. The number of hydrogen-bond acceptors (Lipinski definition) is 3. The summed E-state index contributed by atoms with van der Waals surface area (Å²) in [6.07, 6.45) is 1.76. The number of nitrogens with one attached hydrogen (secondary N) is 2. The van der Waals surface area contributed by atoms with Crippen molar-refractivity contribution in [3.05, 3.63) is 60.3 Å². The molecule has 0 saturated heterocycles. The molecule has 76 valence electrons. The normalized spacial score (nSPS) is 9.87. The standard InChI is InChI=1S/C12H13N3/c1-2-6-11(7-3-1)10-14-15-12-8-4-5-9-13-12/h1-9,14H,10H2,(H,13,15). The first-order chi connectivity index (χ1) is 7.45. The summed E-state index contributed by atoms with van der Waals surface area (Å²) >= 11 is 0. The van der Waals surface area contributed by atoms with Crippen molar-refractivity contribution in [2.45, 2.75) is 6.54 Å². The van der Waals surface area contributed by atoms with Gasteiger partial charge in [0, 0.05) is 12.7 Å². The van der Waals surface area contributed by atoms with Gasteiger partial charge in [-0.3, -0.25) is 0 Å². The van der Waals surface area contributed by atoms with Crippen LogP contribution >= 0.6 is 0 Å². The molecule has 0 aliphatic rings. The second kappa shape index (κ2) is 5.12. The van der Waals surface area contributed by atoms with Gasteiger partial charge in [-0.05, 0) is 17.7 Å². The summed E-state index contributed by atoms with van der Waals surface area (Å²) in [6, 6.07) is 16.0. The zero-order valence-electron chi connectivity index (χ0n) is 8.35. The van der Waals surface area contributed by atoms with Gasteiger partial charge in [-0.15, -0.1) is 0 Å². The van der Waals surface area contributed by atoms with Crippen molar-refractivity contribution in [1.82, 2.24) is 10.4 Å². The first-order valence-electron chi connectivity index (χ1n) is 4.89. The Morgan fingerprint density at radius 1 is 0.933 bits per heavy atom. The summed E-state index contributed by atoms with van der Waals surface area (Å²) in [4.78, 5) is 4.14. The molecular formula is C12H13N3. The fourth-order valence-electron chi connectivity index (χ4n) is 1.27. The molecule has 2 N–H and O–H groups in total. The molecule has 3 heteroatoms. The van der Waals surface area contributed by atoms with E-state index in [-0.39, 0.29) is 0 Å². The van der Waals surface area contributed by atoms with Crippen LogP contribution in [-0.2, 0) is 6.54 Å². The lowest BCUT2D eigenvalue weighted by Crippen LogP contribution is -2.21. The molecule has 0 aliphatic carbocycles. The number of pyridine rings is 1. The minimum atomic E-state index is 0.775. The minimum Gasteiger partial charge on any atom is -0.305 e. The molecule has 1 aromatic carbocycles. The van der Waals surface area contributed by atoms with Gasteiger partial charge in [0.25, 0.3) is 0 Å². The van der Waals surface area contributed by atoms with E-state index in [1.54, 1.807) is 6.20 Å². The minimum absolute atomic E-state index is 0.775. The molecule has 0 aliphatic heterocycles. The first-order valence-corrected chi connectivity index (χ1v) is 4.89. The average Bonchev–Trinajstić information content (AvgIpc) is 2.32. The molecule has 0 saturated carbocycles. The second-order valence-corrected chi connectivity index (χ2v) is 3.18. The molecule has 0 spiro atoms. The molecule has 0 fully saturated rings. The zero-order chi connectivity index (χ0) is 10.3. The molecule has 0 atom stereocenters. The Morgan fingerprint density at radius 3 is 2.47 bits per heavy atom. The number of nitrogens with zero attached hydrogens (tertiary/aromatic N) is 1. The number of hydrogen-bond donors (Lipinski definition) is 2. The van der Waals surface area contributed by atoms with Crippen LogP contribution in [0.3, 0.4) is 0 Å². The molecule has 2 aromatic rings. The first kappa shape index (κ1) is 9.68. The fraction of sp³-hybridized carbons (Fsp3) is 0.0833. The molecule has 0 amide bonds. The van der Waals surface area contributed by atoms with E-state index in [2.05, 4.69) is 28.0 Å². The quantitative estimate of drug-likeness (QED) is 0.741. The van der Waals surface area contributed by atoms with Crippen LogP contribution < -0.4 is 10.9 Å². The average molecular weight is 199 g/mol. The molecule has 3 nitrogen and oxygen atoms in total. The highest BCUT2D eigenvalue weighted by molar-refractivity contribution is 5.31. The van der Waals surface area contributed by atoms with E-state index in [0.29, 0.717) is 0 Å². The van der Waals surface area contributed by atoms with E-state index < -0.39 is 0 Å². The maximum Gasteiger partial charge on any atom is 0.140 e. The highest BCUT2D eigenvalue weighted by atomic mass is 15.4. The summed E-state index contributed by atoms with van der Waals surface area (Å²) in [7, 11) is 0. The Kier molecular flexibility index (Phi) is 3.30. The largest absolute Gasteiger partial charge is 0.305 e. The predicted molar refractivity (Wildman–Crippen MR) is 61.1 cm³/mol. The van der Waals surface area contributed by atoms with Crippen molar-refractivity contribution < 1.29 is 0 Å². The highest BCUT2D eigenvalue weighted by Gasteiger charge is 1.91. The van der Waals surface area contributed by atoms with Crippen molar-refractivity contribution in [3.8, 4) is 0 Å². The maximum absolute atomic E-state index is 4.14. The van der Waals surface area contributed by atoms with E-state index in [1.165, 1.54) is 5.56 Å². The lowest BCUT2D eigenvalue weighted by Gasteiger charge is -2.06. The Morgan fingerprint density at radius 2 is 1.73 bits per heavy atom. The molecule has 2 rings (SSSR count). The molecule has 15 heavy (non-hydrogen) atoms. The molecule has 0 unspecified atom stereocenters. The SMILES string of the molecule is c1ccc(CNNc2ccccn2)cc1. The Labute approximate surface area is 89.1 Å². The number of rotatable bonds is 4. The molecular weight excluding hydrogens is 186 g/mol. The van der Waals surface area contributed by atoms with Gasteiger partial charge in [-0.25, -0.2) is 10.4 Å². The van der Waals surface area contributed by atoms with E-state index in [4.69, 9.17) is 0 Å². The third kappa shape index (κ3) is 3.07. The van der Waals surface area contributed by atoms with Crippen molar-refractivity contribution in [2.24, 2.45) is 0 Å². The summed E-state index contributed by atoms with van der Waals surface area (Å²) in [6.45, 7) is 0.775. The Balaban J connectivity index is 1.81. The highest BCUT2D eigenvalue weighted by Crippen LogP contribution is 1.99. The van der Waals surface area contributed by atoms with Crippen molar-refractivity contribution in [1.29, 1.82) is 0 Å². The van der Waals surface area contributed by atoms with Crippen molar-refractivity contribution >= 4 is 5.82 Å². The van der Waals surface area contributed by atoms with Gasteiger partial charge in [-0.2, -0.15) is 0 Å². The third-order valence-electron chi connectivity index (χ3n) is 2.02. The van der Waals surface area contributed by atoms with E-state index in [0.717, 1.165) is 12.4 Å². The van der Waals surface area contributed by atoms with Crippen LogP contribution in [0.15, 0.2) is 54.7 Å². The van der Waals surface area contributed by atoms with Gasteiger partial charge in [0.05, 0.1) is 0 Å². The van der Waals surface area contributed by atoms with Gasteiger partial charge in [0.1, 0.15) is 5.82 Å². The lowest BCUT2D eigenvalue weighted by atomic mass is 10.2. The molecule has 0 radical (unpaired) electrons. The number of anilines is 1. The van der Waals surface area contributed by atoms with Crippen molar-refractivity contribution in [3.63, 3.8) is 0 Å². The van der Waals surface area contributed by atoms with E-state index >= 15 is 0 Å². The van der Waals surface area contributed by atoms with Crippen LogP contribution in [0, 0.1) is 0 Å². The van der Waals surface area contributed by atoms with Gasteiger partial charge < -0.3 is 5.43 Å². The zero-order valence-corrected chi connectivity index (χ0v) is 8.35. The van der Waals surface area contributed by atoms with Crippen LogP contribution in [-0.4, -0.2) is 4.98 Å². The molecule has 1 heterocycles. The van der Waals surface area contributed by atoms with Gasteiger partial charge in [0.2, 0.25) is 0 Å². The molecule has 0 bridgehead atoms. The van der Waals surface area contributed by atoms with Crippen LogP contribution in [0.5, 0.6) is 0 Å². The monoisotopic (exact) mass is 199 g/mol. The summed E-state index contributed by atoms with van der Waals surface area (Å²) in [5.74, 6) is 0.827. The van der Waals surface area contributed by atoms with Gasteiger partial charge in [0.15, 0.2) is 0 Å².